The van der Waals surface area contributed by atoms with E-state index in [1.54, 1.807) is 4.90 Å². The third-order valence-electron chi connectivity index (χ3n) is 3.67. The van der Waals surface area contributed by atoms with E-state index < -0.39 is 0 Å². The monoisotopic (exact) mass is 279 g/mol. The lowest BCUT2D eigenvalue weighted by Crippen LogP contribution is -2.30. The molecule has 1 heterocycles. The van der Waals surface area contributed by atoms with Crippen LogP contribution in [0.3, 0.4) is 0 Å². The molecule has 0 aliphatic heterocycles. The van der Waals surface area contributed by atoms with Crippen molar-refractivity contribution < 1.29 is 9.21 Å². The van der Waals surface area contributed by atoms with Crippen LogP contribution < -0.4 is 4.90 Å². The smallest absolute Gasteiger partial charge is 0.294 e. The van der Waals surface area contributed by atoms with Gasteiger partial charge in [-0.3, -0.25) is 4.79 Å². The van der Waals surface area contributed by atoms with E-state index in [0.29, 0.717) is 12.3 Å². The highest BCUT2D eigenvalue weighted by molar-refractivity contribution is 6.07. The summed E-state index contributed by atoms with van der Waals surface area (Å²) in [5, 5.41) is 0.991. The van der Waals surface area contributed by atoms with Crippen molar-refractivity contribution in [3.63, 3.8) is 0 Å². The van der Waals surface area contributed by atoms with E-state index in [2.05, 4.69) is 0 Å². The van der Waals surface area contributed by atoms with Gasteiger partial charge in [-0.05, 0) is 32.0 Å². The first-order valence-electron chi connectivity index (χ1n) is 7.07. The number of anilines is 1. The topological polar surface area (TPSA) is 33.5 Å². The van der Waals surface area contributed by atoms with Gasteiger partial charge < -0.3 is 9.32 Å². The normalized spacial score (nSPS) is 10.8. The van der Waals surface area contributed by atoms with Crippen LogP contribution in [0.5, 0.6) is 0 Å². The Hall–Kier alpha value is -2.55. The van der Waals surface area contributed by atoms with Crippen LogP contribution >= 0.6 is 0 Å². The van der Waals surface area contributed by atoms with Crippen molar-refractivity contribution in [3.8, 4) is 0 Å². The maximum atomic E-state index is 12.8. The van der Waals surface area contributed by atoms with Crippen molar-refractivity contribution in [3.05, 3.63) is 65.9 Å². The van der Waals surface area contributed by atoms with Gasteiger partial charge in [-0.1, -0.05) is 36.4 Å². The molecule has 0 saturated heterocycles. The highest BCUT2D eigenvalue weighted by Gasteiger charge is 2.23. The molecule has 1 aromatic heterocycles. The fraction of sp³-hybridized carbons (Fsp3) is 0.167. The number of carbonyl (C=O) groups is 1. The summed E-state index contributed by atoms with van der Waals surface area (Å²) in [6.07, 6.45) is 0. The van der Waals surface area contributed by atoms with Gasteiger partial charge in [-0.25, -0.2) is 0 Å². The molecule has 2 aromatic carbocycles. The summed E-state index contributed by atoms with van der Waals surface area (Å²) in [6, 6.07) is 17.4. The molecule has 0 aliphatic rings. The zero-order chi connectivity index (χ0) is 14.8. The van der Waals surface area contributed by atoms with Crippen molar-refractivity contribution in [1.29, 1.82) is 0 Å². The average molecular weight is 279 g/mol. The molecule has 0 fully saturated rings. The molecule has 3 aromatic rings. The molecular formula is C18H17NO2. The summed E-state index contributed by atoms with van der Waals surface area (Å²) >= 11 is 0. The molecule has 0 saturated carbocycles. The van der Waals surface area contributed by atoms with Gasteiger partial charge in [0.15, 0.2) is 5.76 Å². The van der Waals surface area contributed by atoms with E-state index in [9.17, 15) is 4.79 Å². The highest BCUT2D eigenvalue weighted by atomic mass is 16.3. The molecule has 0 atom stereocenters. The molecule has 0 bridgehead atoms. The van der Waals surface area contributed by atoms with Gasteiger partial charge in [0.2, 0.25) is 0 Å². The summed E-state index contributed by atoms with van der Waals surface area (Å²) < 4.78 is 5.77. The molecule has 0 spiro atoms. The Bertz CT molecular complexity index is 774. The van der Waals surface area contributed by atoms with Crippen LogP contribution in [0, 0.1) is 6.92 Å². The fourth-order valence-electron chi connectivity index (χ4n) is 2.55. The number of furan rings is 1. The molecule has 0 radical (unpaired) electrons. The summed E-state index contributed by atoms with van der Waals surface area (Å²) in [4.78, 5) is 14.5. The number of rotatable bonds is 3. The van der Waals surface area contributed by atoms with Gasteiger partial charge in [-0.15, -0.1) is 0 Å². The minimum atomic E-state index is -0.0996. The fourth-order valence-corrected chi connectivity index (χ4v) is 2.55. The maximum absolute atomic E-state index is 12.8. The third kappa shape index (κ3) is 2.31. The average Bonchev–Trinajstić information content (AvgIpc) is 2.87. The Balaban J connectivity index is 2.05. The number of benzene rings is 2. The van der Waals surface area contributed by atoms with E-state index in [0.717, 1.165) is 22.2 Å². The number of hydrogen-bond acceptors (Lipinski definition) is 2. The lowest BCUT2D eigenvalue weighted by atomic mass is 10.1. The molecule has 0 aliphatic carbocycles. The van der Waals surface area contributed by atoms with Crippen LogP contribution in [0.4, 0.5) is 5.69 Å². The van der Waals surface area contributed by atoms with E-state index in [1.807, 2.05) is 68.4 Å². The summed E-state index contributed by atoms with van der Waals surface area (Å²) in [6.45, 7) is 4.49. The van der Waals surface area contributed by atoms with Crippen molar-refractivity contribution in [2.75, 3.05) is 11.4 Å². The number of aryl methyl sites for hydroxylation is 1. The first-order chi connectivity index (χ1) is 10.2. The highest BCUT2D eigenvalue weighted by Crippen LogP contribution is 2.27. The van der Waals surface area contributed by atoms with Gasteiger partial charge in [0.25, 0.3) is 5.91 Å². The van der Waals surface area contributed by atoms with Crippen molar-refractivity contribution in [2.45, 2.75) is 13.8 Å². The predicted octanol–water partition coefficient (Wildman–Crippen LogP) is 4.41. The van der Waals surface area contributed by atoms with Gasteiger partial charge >= 0.3 is 0 Å². The Morgan fingerprint density at radius 2 is 1.71 bits per heavy atom. The van der Waals surface area contributed by atoms with E-state index in [4.69, 9.17) is 4.42 Å². The molecule has 0 unspecified atom stereocenters. The molecule has 1 amide bonds. The SMILES string of the molecule is CCN(C(=O)c1oc2ccccc2c1C)c1ccccc1. The molecule has 3 heteroatoms. The molecule has 3 nitrogen and oxygen atoms in total. The van der Waals surface area contributed by atoms with E-state index in [-0.39, 0.29) is 5.91 Å². The molecular weight excluding hydrogens is 262 g/mol. The quantitative estimate of drug-likeness (QED) is 0.711. The second-order valence-corrected chi connectivity index (χ2v) is 4.94. The van der Waals surface area contributed by atoms with E-state index in [1.165, 1.54) is 0 Å². The first kappa shape index (κ1) is 13.4. The lowest BCUT2D eigenvalue weighted by Gasteiger charge is -2.20. The van der Waals surface area contributed by atoms with Crippen molar-refractivity contribution >= 4 is 22.6 Å². The van der Waals surface area contributed by atoms with Crippen LogP contribution in [0.25, 0.3) is 11.0 Å². The minimum Gasteiger partial charge on any atom is -0.451 e. The first-order valence-corrected chi connectivity index (χ1v) is 7.07. The number of para-hydroxylation sites is 2. The lowest BCUT2D eigenvalue weighted by molar-refractivity contribution is 0.0963. The van der Waals surface area contributed by atoms with Gasteiger partial charge in [-0.2, -0.15) is 0 Å². The van der Waals surface area contributed by atoms with Crippen LogP contribution in [-0.4, -0.2) is 12.5 Å². The van der Waals surface area contributed by atoms with Crippen LogP contribution in [0.2, 0.25) is 0 Å². The van der Waals surface area contributed by atoms with Gasteiger partial charge in [0, 0.05) is 23.2 Å². The Morgan fingerprint density at radius 1 is 1.05 bits per heavy atom. The van der Waals surface area contributed by atoms with Crippen molar-refractivity contribution in [2.24, 2.45) is 0 Å². The second-order valence-electron chi connectivity index (χ2n) is 4.94. The summed E-state index contributed by atoms with van der Waals surface area (Å²) in [5.41, 5.74) is 2.53. The molecule has 0 N–H and O–H groups in total. The van der Waals surface area contributed by atoms with Gasteiger partial charge in [0.05, 0.1) is 0 Å². The minimum absolute atomic E-state index is 0.0996. The summed E-state index contributed by atoms with van der Waals surface area (Å²) in [7, 11) is 0. The Kier molecular flexibility index (Phi) is 3.48. The largest absolute Gasteiger partial charge is 0.451 e. The Morgan fingerprint density at radius 3 is 2.38 bits per heavy atom. The summed E-state index contributed by atoms with van der Waals surface area (Å²) in [5.74, 6) is 0.319. The predicted molar refractivity (Wildman–Crippen MR) is 84.7 cm³/mol. The number of carbonyl (C=O) groups excluding carboxylic acids is 1. The number of hydrogen-bond donors (Lipinski definition) is 0. The second kappa shape index (κ2) is 5.44. The standard InChI is InChI=1S/C18H17NO2/c1-3-19(14-9-5-4-6-10-14)18(20)17-13(2)15-11-7-8-12-16(15)21-17/h4-12H,3H2,1-2H3. The van der Waals surface area contributed by atoms with Crippen molar-refractivity contribution in [1.82, 2.24) is 0 Å². The van der Waals surface area contributed by atoms with Crippen LogP contribution in [-0.2, 0) is 0 Å². The molecule has 106 valence electrons. The maximum Gasteiger partial charge on any atom is 0.294 e. The number of amides is 1. The zero-order valence-electron chi connectivity index (χ0n) is 12.2. The van der Waals surface area contributed by atoms with Crippen LogP contribution in [0.1, 0.15) is 23.0 Å². The molecule has 3 rings (SSSR count). The van der Waals surface area contributed by atoms with E-state index >= 15 is 0 Å². The number of fused-ring (bicyclic) bond motifs is 1. The zero-order valence-corrected chi connectivity index (χ0v) is 12.2. The number of nitrogens with zero attached hydrogens (tertiary/aromatic N) is 1. The Labute approximate surface area is 123 Å². The van der Waals surface area contributed by atoms with Crippen LogP contribution in [0.15, 0.2) is 59.0 Å². The van der Waals surface area contributed by atoms with Gasteiger partial charge in [0.1, 0.15) is 5.58 Å². The third-order valence-corrected chi connectivity index (χ3v) is 3.67. The molecule has 21 heavy (non-hydrogen) atoms.